The van der Waals surface area contributed by atoms with E-state index < -0.39 is 12.8 Å². The number of nitrogens with zero attached hydrogens (tertiary/aromatic N) is 3. The van der Waals surface area contributed by atoms with Crippen molar-refractivity contribution >= 4 is 17.8 Å². The zero-order chi connectivity index (χ0) is 26.6. The fraction of sp³-hybridized carbons (Fsp3) is 0.458. The van der Waals surface area contributed by atoms with E-state index in [9.17, 15) is 31.5 Å². The van der Waals surface area contributed by atoms with Gasteiger partial charge in [-0.25, -0.2) is 18.6 Å². The molecule has 0 atom stereocenters. The van der Waals surface area contributed by atoms with E-state index in [1.807, 2.05) is 0 Å². The molecule has 1 aromatic carbocycles. The van der Waals surface area contributed by atoms with E-state index in [0.29, 0.717) is 44.6 Å². The Balaban J connectivity index is 1.19. The first-order chi connectivity index (χ1) is 17.6. The van der Waals surface area contributed by atoms with Crippen LogP contribution in [-0.4, -0.2) is 60.0 Å². The number of pyridine rings is 1. The fourth-order valence-electron chi connectivity index (χ4n) is 4.48. The van der Waals surface area contributed by atoms with Crippen molar-refractivity contribution in [2.45, 2.75) is 50.6 Å². The van der Waals surface area contributed by atoms with Gasteiger partial charge in [0.15, 0.2) is 6.61 Å². The maximum absolute atomic E-state index is 12.9. The molecule has 0 unspecified atom stereocenters. The van der Waals surface area contributed by atoms with E-state index in [2.05, 4.69) is 15.0 Å². The summed E-state index contributed by atoms with van der Waals surface area (Å²) in [6.07, 6.45) is -3.65. The van der Waals surface area contributed by atoms with Crippen LogP contribution < -0.4 is 19.7 Å². The Morgan fingerprint density at radius 2 is 1.70 bits per heavy atom. The maximum Gasteiger partial charge on any atom is 0.573 e. The Bertz CT molecular complexity index is 1070. The largest absolute Gasteiger partial charge is 0.573 e. The van der Waals surface area contributed by atoms with E-state index in [-0.39, 0.29) is 47.7 Å². The third-order valence-corrected chi connectivity index (χ3v) is 6.27. The molecule has 2 fully saturated rings. The maximum atomic E-state index is 12.9. The molecule has 200 valence electrons. The lowest BCUT2D eigenvalue weighted by Crippen LogP contribution is -2.46. The number of alkyl halides is 5. The summed E-state index contributed by atoms with van der Waals surface area (Å²) in [7, 11) is 0. The first-order valence-corrected chi connectivity index (χ1v) is 11.7. The predicted molar refractivity (Wildman–Crippen MR) is 121 cm³/mol. The first kappa shape index (κ1) is 26.4. The summed E-state index contributed by atoms with van der Waals surface area (Å²) in [6.45, 7) is 0.618. The number of hydrogen-bond acceptors (Lipinski definition) is 5. The van der Waals surface area contributed by atoms with Crippen LogP contribution >= 0.6 is 0 Å². The van der Waals surface area contributed by atoms with Crippen LogP contribution in [0.3, 0.4) is 0 Å². The van der Waals surface area contributed by atoms with Crippen molar-refractivity contribution in [3.63, 3.8) is 0 Å². The molecule has 3 amide bonds. The van der Waals surface area contributed by atoms with Crippen LogP contribution in [-0.2, 0) is 4.79 Å². The molecule has 0 radical (unpaired) electrons. The first-order valence-electron chi connectivity index (χ1n) is 11.7. The van der Waals surface area contributed by atoms with E-state index in [4.69, 9.17) is 4.74 Å². The summed E-state index contributed by atoms with van der Waals surface area (Å²) < 4.78 is 71.3. The predicted octanol–water partition coefficient (Wildman–Crippen LogP) is 4.67. The summed E-state index contributed by atoms with van der Waals surface area (Å²) in [6, 6.07) is 7.11. The summed E-state index contributed by atoms with van der Waals surface area (Å²) in [5.74, 6) is -0.188. The second-order valence-corrected chi connectivity index (χ2v) is 8.76. The van der Waals surface area contributed by atoms with Crippen LogP contribution in [0.25, 0.3) is 0 Å². The minimum absolute atomic E-state index is 0.000305. The van der Waals surface area contributed by atoms with Gasteiger partial charge in [-0.2, -0.15) is 0 Å². The van der Waals surface area contributed by atoms with Crippen molar-refractivity contribution in [1.29, 1.82) is 0 Å². The van der Waals surface area contributed by atoms with Crippen molar-refractivity contribution < 1.29 is 41.0 Å². The molecule has 2 heterocycles. The number of aromatic nitrogens is 1. The topological polar surface area (TPSA) is 84.0 Å². The smallest absolute Gasteiger partial charge is 0.484 e. The van der Waals surface area contributed by atoms with Crippen LogP contribution in [0.2, 0.25) is 0 Å². The average molecular weight is 528 g/mol. The number of rotatable bonds is 8. The second kappa shape index (κ2) is 11.2. The Hall–Kier alpha value is -3.64. The molecular weight excluding hydrogens is 503 g/mol. The Labute approximate surface area is 209 Å². The number of nitrogens with one attached hydrogen (secondary N) is 1. The Kier molecular flexibility index (Phi) is 7.98. The van der Waals surface area contributed by atoms with Crippen LogP contribution in [0.5, 0.6) is 11.5 Å². The Morgan fingerprint density at radius 3 is 2.30 bits per heavy atom. The summed E-state index contributed by atoms with van der Waals surface area (Å²) in [4.78, 5) is 32.4. The van der Waals surface area contributed by atoms with Gasteiger partial charge in [0.25, 0.3) is 12.3 Å². The molecule has 1 saturated heterocycles. The number of benzene rings is 1. The van der Waals surface area contributed by atoms with Crippen LogP contribution in [0.1, 0.15) is 37.7 Å². The fourth-order valence-corrected chi connectivity index (χ4v) is 4.48. The second-order valence-electron chi connectivity index (χ2n) is 8.76. The van der Waals surface area contributed by atoms with Gasteiger partial charge in [-0.15, -0.1) is 13.2 Å². The molecule has 4 rings (SSSR count). The molecule has 1 aliphatic heterocycles. The van der Waals surface area contributed by atoms with Gasteiger partial charge in [0.1, 0.15) is 17.3 Å². The van der Waals surface area contributed by atoms with Gasteiger partial charge in [0, 0.05) is 36.9 Å². The number of hydrogen-bond donors (Lipinski definition) is 1. The normalized spacial score (nSPS) is 20.3. The van der Waals surface area contributed by atoms with E-state index >= 15 is 0 Å². The van der Waals surface area contributed by atoms with Crippen LogP contribution in [0, 0.1) is 0 Å². The highest BCUT2D eigenvalue weighted by Crippen LogP contribution is 2.29. The van der Waals surface area contributed by atoms with Gasteiger partial charge < -0.3 is 19.7 Å². The summed E-state index contributed by atoms with van der Waals surface area (Å²) in [5.41, 5.74) is -0.202. The van der Waals surface area contributed by atoms with Crippen molar-refractivity contribution in [2.75, 3.05) is 24.6 Å². The lowest BCUT2D eigenvalue weighted by molar-refractivity contribution is -0.274. The van der Waals surface area contributed by atoms with Crippen molar-refractivity contribution in [3.8, 4) is 11.5 Å². The molecule has 1 N–H and O–H groups in total. The van der Waals surface area contributed by atoms with Crippen molar-refractivity contribution in [2.24, 2.45) is 0 Å². The van der Waals surface area contributed by atoms with Gasteiger partial charge in [-0.05, 0) is 62.1 Å². The molecule has 8 nitrogen and oxygen atoms in total. The van der Waals surface area contributed by atoms with Crippen LogP contribution in [0.4, 0.5) is 32.6 Å². The third-order valence-electron chi connectivity index (χ3n) is 6.27. The lowest BCUT2D eigenvalue weighted by Gasteiger charge is -2.34. The Morgan fingerprint density at radius 1 is 1.03 bits per heavy atom. The minimum atomic E-state index is -4.79. The lowest BCUT2D eigenvalue weighted by atomic mass is 9.90. The van der Waals surface area contributed by atoms with Gasteiger partial charge in [0.2, 0.25) is 0 Å². The number of anilines is 1. The monoisotopic (exact) mass is 528 g/mol. The molecule has 0 bridgehead atoms. The highest BCUT2D eigenvalue weighted by atomic mass is 19.4. The van der Waals surface area contributed by atoms with E-state index in [1.54, 1.807) is 4.90 Å². The number of halogens is 5. The molecule has 13 heteroatoms. The molecule has 1 aromatic heterocycles. The minimum Gasteiger partial charge on any atom is -0.484 e. The quantitative estimate of drug-likeness (QED) is 0.504. The van der Waals surface area contributed by atoms with E-state index in [1.165, 1.54) is 29.2 Å². The third kappa shape index (κ3) is 6.98. The van der Waals surface area contributed by atoms with Gasteiger partial charge in [-0.1, -0.05) is 0 Å². The van der Waals surface area contributed by atoms with Gasteiger partial charge in [-0.3, -0.25) is 9.69 Å². The molecular formula is C24H25F5N4O4. The standard InChI is InChI=1S/C24H25F5N4O4/c25-22(26)15-1-10-20(30-13-15)33-12-11-32(23(33)35)17-4-2-16(3-5-17)31-21(34)14-36-18-6-8-19(9-7-18)37-24(27,28)29/h1,6-10,13,16-17,22H,2-5,11-12,14H2,(H,31,34)/t16-,17-. The number of urea groups is 1. The highest BCUT2D eigenvalue weighted by Gasteiger charge is 2.37. The molecule has 1 aliphatic carbocycles. The molecule has 1 saturated carbocycles. The highest BCUT2D eigenvalue weighted by molar-refractivity contribution is 5.93. The summed E-state index contributed by atoms with van der Waals surface area (Å²) >= 11 is 0. The molecule has 2 aliphatic rings. The number of amides is 3. The molecule has 0 spiro atoms. The zero-order valence-corrected chi connectivity index (χ0v) is 19.6. The van der Waals surface area contributed by atoms with Crippen molar-refractivity contribution in [3.05, 3.63) is 48.2 Å². The van der Waals surface area contributed by atoms with Crippen LogP contribution in [0.15, 0.2) is 42.6 Å². The van der Waals surface area contributed by atoms with E-state index in [0.717, 1.165) is 18.3 Å². The summed E-state index contributed by atoms with van der Waals surface area (Å²) in [5, 5.41) is 2.88. The number of ether oxygens (including phenoxy) is 2. The molecule has 2 aromatic rings. The average Bonchev–Trinajstić information content (AvgIpc) is 3.24. The SMILES string of the molecule is O=C(COc1ccc(OC(F)(F)F)cc1)N[C@H]1CC[C@H](N2CCN(c3ccc(C(F)F)cn3)C2=O)CC1. The van der Waals surface area contributed by atoms with Gasteiger partial charge in [0.05, 0.1) is 0 Å². The van der Waals surface area contributed by atoms with Crippen molar-refractivity contribution in [1.82, 2.24) is 15.2 Å². The number of carbonyl (C=O) groups excluding carboxylic acids is 2. The van der Waals surface area contributed by atoms with Gasteiger partial charge >= 0.3 is 12.4 Å². The molecule has 37 heavy (non-hydrogen) atoms. The number of carbonyl (C=O) groups is 2. The zero-order valence-electron chi connectivity index (χ0n) is 19.6.